The molecular formula is C11H22N2OS. The van der Waals surface area contributed by atoms with Gasteiger partial charge in [0.1, 0.15) is 0 Å². The Balaban J connectivity index is 1.79. The third-order valence-corrected chi connectivity index (χ3v) is 4.79. The number of likely N-dealkylation sites (tertiary alicyclic amines) is 1. The van der Waals surface area contributed by atoms with Crippen molar-refractivity contribution in [1.82, 2.24) is 9.21 Å². The van der Waals surface area contributed by atoms with Crippen LogP contribution in [0.25, 0.3) is 0 Å². The van der Waals surface area contributed by atoms with Crippen molar-refractivity contribution in [3.8, 4) is 0 Å². The van der Waals surface area contributed by atoms with E-state index in [0.717, 1.165) is 19.1 Å². The van der Waals surface area contributed by atoms with Gasteiger partial charge in [0, 0.05) is 25.4 Å². The molecule has 2 aliphatic heterocycles. The predicted octanol–water partition coefficient (Wildman–Crippen LogP) is 1.23. The summed E-state index contributed by atoms with van der Waals surface area (Å²) >= 11 is 0. The summed E-state index contributed by atoms with van der Waals surface area (Å²) in [5, 5.41) is 0. The van der Waals surface area contributed by atoms with E-state index in [0.29, 0.717) is 0 Å². The molecule has 0 bridgehead atoms. The SMILES string of the molecule is CS(=O)N1CCC(N2CCCCC2)CC1. The zero-order valence-electron chi connectivity index (χ0n) is 9.65. The van der Waals surface area contributed by atoms with Gasteiger partial charge in [0.2, 0.25) is 0 Å². The third kappa shape index (κ3) is 3.02. The van der Waals surface area contributed by atoms with E-state index in [1.165, 1.54) is 45.2 Å². The van der Waals surface area contributed by atoms with Crippen LogP contribution in [0.2, 0.25) is 0 Å². The lowest BCUT2D eigenvalue weighted by Gasteiger charge is -2.39. The second-order valence-corrected chi connectivity index (χ2v) is 6.04. The van der Waals surface area contributed by atoms with Crippen molar-refractivity contribution in [2.24, 2.45) is 0 Å². The molecule has 4 heteroatoms. The van der Waals surface area contributed by atoms with E-state index in [4.69, 9.17) is 0 Å². The highest BCUT2D eigenvalue weighted by Crippen LogP contribution is 2.21. The van der Waals surface area contributed by atoms with Crippen LogP contribution in [-0.2, 0) is 11.0 Å². The number of rotatable bonds is 2. The predicted molar refractivity (Wildman–Crippen MR) is 64.1 cm³/mol. The summed E-state index contributed by atoms with van der Waals surface area (Å²) in [6.45, 7) is 4.62. The van der Waals surface area contributed by atoms with Crippen molar-refractivity contribution in [1.29, 1.82) is 0 Å². The van der Waals surface area contributed by atoms with Gasteiger partial charge in [0.15, 0.2) is 0 Å². The topological polar surface area (TPSA) is 23.6 Å². The molecule has 0 aromatic carbocycles. The van der Waals surface area contributed by atoms with Crippen LogP contribution in [0.15, 0.2) is 0 Å². The molecule has 0 aromatic rings. The van der Waals surface area contributed by atoms with E-state index < -0.39 is 11.0 Å². The van der Waals surface area contributed by atoms with Crippen molar-refractivity contribution in [2.45, 2.75) is 38.1 Å². The average Bonchev–Trinajstić information content (AvgIpc) is 2.30. The molecule has 2 heterocycles. The Labute approximate surface area is 95.4 Å². The first-order chi connectivity index (χ1) is 7.27. The third-order valence-electron chi connectivity index (χ3n) is 3.69. The van der Waals surface area contributed by atoms with Crippen LogP contribution in [0.3, 0.4) is 0 Å². The minimum absolute atomic E-state index is 0.757. The van der Waals surface area contributed by atoms with Crippen LogP contribution in [0.4, 0.5) is 0 Å². The lowest BCUT2D eigenvalue weighted by Crippen LogP contribution is -2.46. The van der Waals surface area contributed by atoms with Gasteiger partial charge < -0.3 is 4.90 Å². The Morgan fingerprint density at radius 3 is 2.13 bits per heavy atom. The van der Waals surface area contributed by atoms with Crippen LogP contribution in [0.1, 0.15) is 32.1 Å². The van der Waals surface area contributed by atoms with Crippen molar-refractivity contribution in [3.63, 3.8) is 0 Å². The smallest absolute Gasteiger partial charge is 0.0910 e. The number of nitrogens with zero attached hydrogens (tertiary/aromatic N) is 2. The largest absolute Gasteiger partial charge is 0.300 e. The fourth-order valence-corrected chi connectivity index (χ4v) is 3.47. The van der Waals surface area contributed by atoms with Gasteiger partial charge in [-0.25, -0.2) is 8.51 Å². The van der Waals surface area contributed by atoms with Gasteiger partial charge in [0.25, 0.3) is 0 Å². The first-order valence-corrected chi connectivity index (χ1v) is 7.61. The van der Waals surface area contributed by atoms with Gasteiger partial charge in [-0.1, -0.05) is 6.42 Å². The summed E-state index contributed by atoms with van der Waals surface area (Å²) in [6.07, 6.45) is 8.37. The van der Waals surface area contributed by atoms with Gasteiger partial charge in [-0.15, -0.1) is 0 Å². The van der Waals surface area contributed by atoms with Gasteiger partial charge in [-0.05, 0) is 38.8 Å². The molecule has 0 spiro atoms. The molecule has 2 saturated heterocycles. The van der Waals surface area contributed by atoms with E-state index in [1.807, 2.05) is 0 Å². The van der Waals surface area contributed by atoms with E-state index in [-0.39, 0.29) is 0 Å². The average molecular weight is 230 g/mol. The first-order valence-electron chi connectivity index (χ1n) is 6.10. The Hall–Kier alpha value is 0.0700. The first kappa shape index (κ1) is 11.6. The summed E-state index contributed by atoms with van der Waals surface area (Å²) in [7, 11) is -0.757. The van der Waals surface area contributed by atoms with Crippen molar-refractivity contribution >= 4 is 11.0 Å². The lowest BCUT2D eigenvalue weighted by molar-refractivity contribution is 0.119. The zero-order valence-corrected chi connectivity index (χ0v) is 10.5. The quantitative estimate of drug-likeness (QED) is 0.712. The molecule has 2 aliphatic rings. The normalized spacial score (nSPS) is 29.1. The Bertz CT molecular complexity index is 221. The molecule has 1 atom stereocenters. The molecule has 0 amide bonds. The Morgan fingerprint density at radius 2 is 1.60 bits per heavy atom. The van der Waals surface area contributed by atoms with E-state index >= 15 is 0 Å². The van der Waals surface area contributed by atoms with Crippen LogP contribution in [0, 0.1) is 0 Å². The van der Waals surface area contributed by atoms with Crippen LogP contribution >= 0.6 is 0 Å². The van der Waals surface area contributed by atoms with Crippen molar-refractivity contribution < 1.29 is 4.21 Å². The molecule has 2 fully saturated rings. The molecule has 0 radical (unpaired) electrons. The van der Waals surface area contributed by atoms with Crippen molar-refractivity contribution in [3.05, 3.63) is 0 Å². The van der Waals surface area contributed by atoms with E-state index in [2.05, 4.69) is 9.21 Å². The maximum atomic E-state index is 11.3. The number of hydrogen-bond donors (Lipinski definition) is 0. The fraction of sp³-hybridized carbons (Fsp3) is 1.00. The highest BCUT2D eigenvalue weighted by molar-refractivity contribution is 7.81. The van der Waals surface area contributed by atoms with E-state index in [1.54, 1.807) is 6.26 Å². The summed E-state index contributed by atoms with van der Waals surface area (Å²) < 4.78 is 13.4. The molecule has 0 aromatic heterocycles. The standard InChI is InChI=1S/C11H22N2OS/c1-15(14)13-9-5-11(6-10-13)12-7-3-2-4-8-12/h11H,2-10H2,1H3. The highest BCUT2D eigenvalue weighted by atomic mass is 32.2. The molecule has 0 N–H and O–H groups in total. The minimum atomic E-state index is -0.757. The summed E-state index contributed by atoms with van der Waals surface area (Å²) in [5.74, 6) is 0. The summed E-state index contributed by atoms with van der Waals surface area (Å²) in [4.78, 5) is 2.65. The van der Waals surface area contributed by atoms with Crippen LogP contribution in [-0.4, -0.2) is 51.9 Å². The maximum Gasteiger partial charge on any atom is 0.0910 e. The fourth-order valence-electron chi connectivity index (χ4n) is 2.75. The molecular weight excluding hydrogens is 208 g/mol. The molecule has 0 aliphatic carbocycles. The molecule has 1 unspecified atom stereocenters. The summed E-state index contributed by atoms with van der Waals surface area (Å²) in [6, 6.07) is 0.769. The minimum Gasteiger partial charge on any atom is -0.300 e. The molecule has 88 valence electrons. The second-order valence-electron chi connectivity index (χ2n) is 4.68. The van der Waals surface area contributed by atoms with Gasteiger partial charge in [-0.2, -0.15) is 0 Å². The second kappa shape index (κ2) is 5.41. The van der Waals surface area contributed by atoms with Gasteiger partial charge in [0.05, 0.1) is 11.0 Å². The highest BCUT2D eigenvalue weighted by Gasteiger charge is 2.26. The monoisotopic (exact) mass is 230 g/mol. The zero-order chi connectivity index (χ0) is 10.7. The lowest BCUT2D eigenvalue weighted by atomic mass is 10.0. The molecule has 15 heavy (non-hydrogen) atoms. The Morgan fingerprint density at radius 1 is 1.00 bits per heavy atom. The van der Waals surface area contributed by atoms with E-state index in [9.17, 15) is 4.21 Å². The summed E-state index contributed by atoms with van der Waals surface area (Å²) in [5.41, 5.74) is 0. The molecule has 2 rings (SSSR count). The van der Waals surface area contributed by atoms with Gasteiger partial charge in [-0.3, -0.25) is 0 Å². The van der Waals surface area contributed by atoms with Crippen LogP contribution in [0.5, 0.6) is 0 Å². The Kier molecular flexibility index (Phi) is 4.17. The van der Waals surface area contributed by atoms with Crippen LogP contribution < -0.4 is 0 Å². The number of piperidine rings is 2. The molecule has 0 saturated carbocycles. The maximum absolute atomic E-state index is 11.3. The van der Waals surface area contributed by atoms with Gasteiger partial charge >= 0.3 is 0 Å². The van der Waals surface area contributed by atoms with Crippen molar-refractivity contribution in [2.75, 3.05) is 32.4 Å². The number of hydrogen-bond acceptors (Lipinski definition) is 2. The molecule has 3 nitrogen and oxygen atoms in total.